The standard InChI is InChI=1S/C23H33N3O5.C15H27N3O3.2H2S/c1-23(2,3)31-21(28)19-10-7-11-26(19)16-20(27)24-12-14-25(15-13-24)22(29)30-17-18-8-5-4-6-9-18;1-15(2,3)21-14(20)12-5-4-8-18(12)11-13(19)17-9-6-16-7-10-17;;/h4-6,8-9,19H,7,10-17H2,1-3H3;12,16H,4-11H2,1-3H3;2*1H2/t19-;12-;;/m00../s1. The van der Waals surface area contributed by atoms with Crippen molar-refractivity contribution < 1.29 is 38.2 Å². The Labute approximate surface area is 335 Å². The summed E-state index contributed by atoms with van der Waals surface area (Å²) in [5.74, 6) is -0.364. The summed E-state index contributed by atoms with van der Waals surface area (Å²) in [4.78, 5) is 71.2. The highest BCUT2D eigenvalue weighted by atomic mass is 32.1. The van der Waals surface area contributed by atoms with E-state index in [0.717, 1.165) is 57.5 Å². The molecule has 2 atom stereocenters. The molecule has 0 aromatic heterocycles. The highest BCUT2D eigenvalue weighted by Gasteiger charge is 2.37. The lowest BCUT2D eigenvalue weighted by atomic mass is 10.1. The number of nitrogens with one attached hydrogen (secondary N) is 1. The maximum Gasteiger partial charge on any atom is 0.410 e. The van der Waals surface area contributed by atoms with Gasteiger partial charge in [-0.1, -0.05) is 30.3 Å². The Balaban J connectivity index is 0.000000385. The number of ether oxygens (including phenoxy) is 3. The molecule has 0 spiro atoms. The molecule has 0 radical (unpaired) electrons. The minimum Gasteiger partial charge on any atom is -0.459 e. The average Bonchev–Trinajstić information content (AvgIpc) is 3.77. The lowest BCUT2D eigenvalue weighted by molar-refractivity contribution is -0.162. The number of amides is 3. The molecule has 0 bridgehead atoms. The molecule has 0 unspecified atom stereocenters. The molecule has 4 aliphatic rings. The van der Waals surface area contributed by atoms with Crippen molar-refractivity contribution in [2.75, 3.05) is 78.5 Å². The molecule has 1 aromatic rings. The van der Waals surface area contributed by atoms with Gasteiger partial charge in [0.2, 0.25) is 11.8 Å². The van der Waals surface area contributed by atoms with Crippen LogP contribution in [-0.4, -0.2) is 156 Å². The highest BCUT2D eigenvalue weighted by molar-refractivity contribution is 7.59. The second kappa shape index (κ2) is 21.9. The van der Waals surface area contributed by atoms with Crippen molar-refractivity contribution in [2.45, 2.75) is 97.1 Å². The molecule has 0 aliphatic carbocycles. The molecule has 1 N–H and O–H groups in total. The Hall–Kier alpha value is -3.05. The fraction of sp³-hybridized carbons (Fsp3) is 0.711. The van der Waals surface area contributed by atoms with Crippen LogP contribution in [0.1, 0.15) is 72.8 Å². The van der Waals surface area contributed by atoms with Crippen molar-refractivity contribution >= 4 is 56.8 Å². The van der Waals surface area contributed by atoms with Gasteiger partial charge in [-0.05, 0) is 85.9 Å². The number of likely N-dealkylation sites (tertiary alicyclic amines) is 2. The van der Waals surface area contributed by atoms with E-state index in [0.29, 0.717) is 45.7 Å². The van der Waals surface area contributed by atoms with Crippen LogP contribution in [0.2, 0.25) is 0 Å². The fourth-order valence-corrected chi connectivity index (χ4v) is 6.71. The lowest BCUT2D eigenvalue weighted by Crippen LogP contribution is -2.53. The molecule has 14 nitrogen and oxygen atoms in total. The molecule has 16 heteroatoms. The number of hydrogen-bond acceptors (Lipinski definition) is 11. The van der Waals surface area contributed by atoms with Crippen LogP contribution in [0.25, 0.3) is 0 Å². The van der Waals surface area contributed by atoms with E-state index in [-0.39, 0.29) is 82.1 Å². The van der Waals surface area contributed by atoms with Crippen LogP contribution in [0.4, 0.5) is 4.79 Å². The van der Waals surface area contributed by atoms with E-state index in [1.807, 2.05) is 86.6 Å². The van der Waals surface area contributed by atoms with E-state index in [1.165, 1.54) is 0 Å². The maximum absolute atomic E-state index is 12.8. The number of esters is 2. The first-order chi connectivity index (χ1) is 24.6. The second-order valence-corrected chi connectivity index (χ2v) is 15.9. The predicted octanol–water partition coefficient (Wildman–Crippen LogP) is 2.72. The molecule has 306 valence electrons. The van der Waals surface area contributed by atoms with Gasteiger partial charge >= 0.3 is 18.0 Å². The summed E-state index contributed by atoms with van der Waals surface area (Å²) in [5.41, 5.74) is -0.0795. The van der Waals surface area contributed by atoms with Crippen LogP contribution in [0.5, 0.6) is 0 Å². The molecule has 4 heterocycles. The maximum atomic E-state index is 12.8. The summed E-state index contributed by atoms with van der Waals surface area (Å²) in [6.45, 7) is 18.4. The van der Waals surface area contributed by atoms with Gasteiger partial charge in [-0.3, -0.25) is 29.0 Å². The van der Waals surface area contributed by atoms with Crippen molar-refractivity contribution in [3.05, 3.63) is 35.9 Å². The zero-order valence-electron chi connectivity index (χ0n) is 33.1. The van der Waals surface area contributed by atoms with E-state index >= 15 is 0 Å². The van der Waals surface area contributed by atoms with Crippen LogP contribution in [0.3, 0.4) is 0 Å². The van der Waals surface area contributed by atoms with E-state index < -0.39 is 11.2 Å². The van der Waals surface area contributed by atoms with Gasteiger partial charge in [0.25, 0.3) is 0 Å². The topological polar surface area (TPSA) is 141 Å². The zero-order chi connectivity index (χ0) is 37.9. The molecule has 0 saturated carbocycles. The first kappa shape index (κ1) is 47.1. The van der Waals surface area contributed by atoms with Gasteiger partial charge in [0.1, 0.15) is 29.9 Å². The van der Waals surface area contributed by atoms with Crippen molar-refractivity contribution in [2.24, 2.45) is 0 Å². The van der Waals surface area contributed by atoms with Crippen molar-refractivity contribution in [1.82, 2.24) is 29.8 Å². The zero-order valence-corrected chi connectivity index (χ0v) is 35.1. The van der Waals surface area contributed by atoms with Crippen LogP contribution in [-0.2, 0) is 40.0 Å². The summed E-state index contributed by atoms with van der Waals surface area (Å²) in [7, 11) is 0. The molecule has 3 amide bonds. The van der Waals surface area contributed by atoms with Crippen LogP contribution in [0, 0.1) is 0 Å². The third-order valence-electron chi connectivity index (χ3n) is 9.33. The fourth-order valence-electron chi connectivity index (χ4n) is 6.71. The van der Waals surface area contributed by atoms with E-state index in [9.17, 15) is 24.0 Å². The summed E-state index contributed by atoms with van der Waals surface area (Å²) >= 11 is 0. The van der Waals surface area contributed by atoms with E-state index in [1.54, 1.807) is 9.80 Å². The largest absolute Gasteiger partial charge is 0.459 e. The molecule has 4 aliphatic heterocycles. The smallest absolute Gasteiger partial charge is 0.410 e. The Kier molecular flexibility index (Phi) is 19.1. The Morgan fingerprint density at radius 3 is 1.50 bits per heavy atom. The molecule has 1 aromatic carbocycles. The normalized spacial score (nSPS) is 20.8. The molecule has 4 fully saturated rings. The van der Waals surface area contributed by atoms with Gasteiger partial charge in [0, 0.05) is 52.4 Å². The van der Waals surface area contributed by atoms with E-state index in [2.05, 4.69) is 5.32 Å². The van der Waals surface area contributed by atoms with Crippen LogP contribution in [0.15, 0.2) is 30.3 Å². The number of carbonyl (C=O) groups excluding carboxylic acids is 5. The quantitative estimate of drug-likeness (QED) is 0.307. The second-order valence-electron chi connectivity index (χ2n) is 15.9. The number of rotatable bonds is 8. The Morgan fingerprint density at radius 1 is 0.630 bits per heavy atom. The van der Waals surface area contributed by atoms with Gasteiger partial charge in [-0.15, -0.1) is 0 Å². The summed E-state index contributed by atoms with van der Waals surface area (Å²) in [6, 6.07) is 8.91. The van der Waals surface area contributed by atoms with Crippen molar-refractivity contribution in [1.29, 1.82) is 0 Å². The lowest BCUT2D eigenvalue weighted by Gasteiger charge is -2.35. The minimum atomic E-state index is -0.541. The summed E-state index contributed by atoms with van der Waals surface area (Å²) in [6.07, 6.45) is 2.95. The third-order valence-corrected chi connectivity index (χ3v) is 9.33. The van der Waals surface area contributed by atoms with Crippen LogP contribution < -0.4 is 5.32 Å². The van der Waals surface area contributed by atoms with Gasteiger partial charge in [-0.25, -0.2) is 4.79 Å². The number of carbonyl (C=O) groups is 5. The van der Waals surface area contributed by atoms with Crippen molar-refractivity contribution in [3.63, 3.8) is 0 Å². The predicted molar refractivity (Wildman–Crippen MR) is 216 cm³/mol. The van der Waals surface area contributed by atoms with Gasteiger partial charge in [0.05, 0.1) is 13.1 Å². The molecular weight excluding hydrogens is 733 g/mol. The Bertz CT molecular complexity index is 1360. The SMILES string of the molecule is CC(C)(C)OC(=O)[C@@H]1CCCN1CC(=O)N1CCN(C(=O)OCc2ccccc2)CC1.CC(C)(C)OC(=O)[C@@H]1CCCN1CC(=O)N1CCNCC1.S.S. The third kappa shape index (κ3) is 15.2. The first-order valence-electron chi connectivity index (χ1n) is 18.8. The highest BCUT2D eigenvalue weighted by Crippen LogP contribution is 2.23. The summed E-state index contributed by atoms with van der Waals surface area (Å²) in [5, 5.41) is 3.23. The van der Waals surface area contributed by atoms with Gasteiger partial charge < -0.3 is 34.2 Å². The molecule has 54 heavy (non-hydrogen) atoms. The Morgan fingerprint density at radius 2 is 1.06 bits per heavy atom. The number of hydrogen-bond donors (Lipinski definition) is 1. The molecule has 4 saturated heterocycles. The molecular formula is C38H64N6O8S2. The summed E-state index contributed by atoms with van der Waals surface area (Å²) < 4.78 is 16.3. The number of nitrogens with zero attached hydrogens (tertiary/aromatic N) is 5. The van der Waals surface area contributed by atoms with Gasteiger partial charge in [-0.2, -0.15) is 27.0 Å². The average molecular weight is 797 g/mol. The van der Waals surface area contributed by atoms with E-state index in [4.69, 9.17) is 14.2 Å². The van der Waals surface area contributed by atoms with Crippen molar-refractivity contribution in [3.8, 4) is 0 Å². The number of benzene rings is 1. The van der Waals surface area contributed by atoms with Crippen LogP contribution >= 0.6 is 27.0 Å². The monoisotopic (exact) mass is 796 g/mol. The minimum absolute atomic E-state index is 0. The first-order valence-corrected chi connectivity index (χ1v) is 18.8. The van der Waals surface area contributed by atoms with Gasteiger partial charge in [0.15, 0.2) is 0 Å². The number of piperazine rings is 2. The molecule has 5 rings (SSSR count).